The van der Waals surface area contributed by atoms with Crippen LogP contribution in [0.4, 0.5) is 0 Å². The van der Waals surface area contributed by atoms with Crippen molar-refractivity contribution in [3.05, 3.63) is 26.0 Å². The molecule has 1 atom stereocenters. The van der Waals surface area contributed by atoms with Crippen LogP contribution in [-0.4, -0.2) is 0 Å². The summed E-state index contributed by atoms with van der Waals surface area (Å²) in [5.41, 5.74) is 0. The zero-order valence-electron chi connectivity index (χ0n) is 17.0. The van der Waals surface area contributed by atoms with Crippen LogP contribution < -0.4 is 0 Å². The van der Waals surface area contributed by atoms with E-state index >= 15 is 0 Å². The van der Waals surface area contributed by atoms with Crippen molar-refractivity contribution < 1.29 is 0 Å². The molecule has 0 nitrogen and oxygen atoms in total. The van der Waals surface area contributed by atoms with Gasteiger partial charge in [-0.1, -0.05) is 117 Å². The van der Waals surface area contributed by atoms with Crippen molar-refractivity contribution in [2.75, 3.05) is 0 Å². The highest BCUT2D eigenvalue weighted by Gasteiger charge is 2.11. The molecular weight excluding hydrogens is 288 g/mol. The zero-order chi connectivity index (χ0) is 17.9. The average molecular weight is 335 g/mol. The third-order valence-corrected chi connectivity index (χ3v) is 5.26. The Hall–Kier alpha value is -0.260. The standard InChI is InChI=1S/C24H46/c1-5-7-9-11-13-14-16-18-20-22-24(23(3)4)21-19-17-15-12-10-8-6-2/h15,17,23-24H,1-2,5-14,16,18-22H2,3-4H3/b17-15+. The van der Waals surface area contributed by atoms with Gasteiger partial charge in [-0.15, -0.1) is 0 Å². The van der Waals surface area contributed by atoms with Crippen LogP contribution in [0.5, 0.6) is 0 Å². The molecule has 0 aliphatic rings. The van der Waals surface area contributed by atoms with E-state index in [0.717, 1.165) is 24.7 Å². The van der Waals surface area contributed by atoms with Gasteiger partial charge in [0.05, 0.1) is 0 Å². The molecule has 0 saturated carbocycles. The Morgan fingerprint density at radius 1 is 0.583 bits per heavy atom. The molecule has 0 heterocycles. The summed E-state index contributed by atoms with van der Waals surface area (Å²) in [4.78, 5) is 0. The van der Waals surface area contributed by atoms with E-state index in [2.05, 4.69) is 39.8 Å². The summed E-state index contributed by atoms with van der Waals surface area (Å²) in [6.07, 6.45) is 26.3. The quantitative estimate of drug-likeness (QED) is 0.174. The highest BCUT2D eigenvalue weighted by Crippen LogP contribution is 2.24. The maximum Gasteiger partial charge on any atom is -0.0348 e. The van der Waals surface area contributed by atoms with Crippen LogP contribution in [-0.2, 0) is 0 Å². The van der Waals surface area contributed by atoms with Gasteiger partial charge in [-0.05, 0) is 37.5 Å². The molecule has 0 aromatic rings. The Kier molecular flexibility index (Phi) is 18.9. The first-order valence-electron chi connectivity index (χ1n) is 11.0. The minimum absolute atomic E-state index is 0.840. The lowest BCUT2D eigenvalue weighted by Crippen LogP contribution is -2.08. The molecule has 0 fully saturated rings. The number of hydrogen-bond donors (Lipinski definition) is 0. The van der Waals surface area contributed by atoms with E-state index in [1.165, 1.54) is 89.9 Å². The van der Waals surface area contributed by atoms with Gasteiger partial charge in [0.1, 0.15) is 0 Å². The maximum absolute atomic E-state index is 3.91. The lowest BCUT2D eigenvalue weighted by Gasteiger charge is -2.20. The zero-order valence-corrected chi connectivity index (χ0v) is 17.0. The monoisotopic (exact) mass is 334 g/mol. The topological polar surface area (TPSA) is 0 Å². The summed E-state index contributed by atoms with van der Waals surface area (Å²) >= 11 is 0. The van der Waals surface area contributed by atoms with Gasteiger partial charge in [0.25, 0.3) is 0 Å². The second-order valence-electron chi connectivity index (χ2n) is 7.87. The van der Waals surface area contributed by atoms with Crippen molar-refractivity contribution >= 4 is 0 Å². The smallest absolute Gasteiger partial charge is 0.0348 e. The molecule has 0 aromatic carbocycles. The third kappa shape index (κ3) is 16.6. The fraction of sp³-hybridized carbons (Fsp3) is 0.833. The molecule has 0 aromatic heterocycles. The van der Waals surface area contributed by atoms with Gasteiger partial charge in [-0.3, -0.25) is 0 Å². The summed E-state index contributed by atoms with van der Waals surface area (Å²) in [5.74, 6) is 1.76. The van der Waals surface area contributed by atoms with Gasteiger partial charge < -0.3 is 0 Å². The lowest BCUT2D eigenvalue weighted by atomic mass is 9.86. The van der Waals surface area contributed by atoms with Crippen LogP contribution in [0.3, 0.4) is 0 Å². The lowest BCUT2D eigenvalue weighted by molar-refractivity contribution is 0.326. The summed E-state index contributed by atoms with van der Waals surface area (Å²) in [7, 11) is 0. The van der Waals surface area contributed by atoms with Gasteiger partial charge in [-0.25, -0.2) is 0 Å². The molecular formula is C24H46. The minimum atomic E-state index is 0.840. The molecule has 0 rings (SSSR count). The average Bonchev–Trinajstić information content (AvgIpc) is 2.57. The number of unbranched alkanes of at least 4 members (excludes halogenated alkanes) is 11. The van der Waals surface area contributed by atoms with Crippen molar-refractivity contribution in [1.82, 2.24) is 0 Å². The molecule has 0 amide bonds. The number of allylic oxidation sites excluding steroid dienone is 2. The second-order valence-corrected chi connectivity index (χ2v) is 7.87. The van der Waals surface area contributed by atoms with E-state index in [9.17, 15) is 0 Å². The molecule has 142 valence electrons. The first-order valence-corrected chi connectivity index (χ1v) is 11.0. The van der Waals surface area contributed by atoms with Crippen LogP contribution in [0.2, 0.25) is 0 Å². The molecule has 2 radical (unpaired) electrons. The first-order chi connectivity index (χ1) is 11.7. The van der Waals surface area contributed by atoms with Gasteiger partial charge in [-0.2, -0.15) is 0 Å². The Morgan fingerprint density at radius 3 is 1.67 bits per heavy atom. The van der Waals surface area contributed by atoms with E-state index < -0.39 is 0 Å². The van der Waals surface area contributed by atoms with E-state index in [-0.39, 0.29) is 0 Å². The van der Waals surface area contributed by atoms with Crippen LogP contribution in [0.1, 0.15) is 117 Å². The van der Waals surface area contributed by atoms with Crippen LogP contribution in [0, 0.1) is 25.7 Å². The fourth-order valence-electron chi connectivity index (χ4n) is 3.44. The number of hydrogen-bond acceptors (Lipinski definition) is 0. The first kappa shape index (κ1) is 23.7. The Labute approximate surface area is 154 Å². The van der Waals surface area contributed by atoms with Gasteiger partial charge in [0.15, 0.2) is 0 Å². The highest BCUT2D eigenvalue weighted by molar-refractivity contribution is 4.82. The van der Waals surface area contributed by atoms with Crippen molar-refractivity contribution in [2.24, 2.45) is 11.8 Å². The summed E-state index contributed by atoms with van der Waals surface area (Å²) < 4.78 is 0. The largest absolute Gasteiger partial charge is 0.0885 e. The van der Waals surface area contributed by atoms with Crippen molar-refractivity contribution in [1.29, 1.82) is 0 Å². The van der Waals surface area contributed by atoms with Gasteiger partial charge >= 0.3 is 0 Å². The van der Waals surface area contributed by atoms with Gasteiger partial charge in [0.2, 0.25) is 0 Å². The SMILES string of the molecule is [CH2]CCCC/C=C/CCC(CCCCCCCCCC[CH2])C(C)C. The Balaban J connectivity index is 3.56. The predicted molar refractivity (Wildman–Crippen MR) is 112 cm³/mol. The van der Waals surface area contributed by atoms with E-state index in [1.54, 1.807) is 0 Å². The molecule has 0 bridgehead atoms. The predicted octanol–water partition coefficient (Wildman–Crippen LogP) is 8.72. The molecule has 0 saturated heterocycles. The van der Waals surface area contributed by atoms with Crippen LogP contribution >= 0.6 is 0 Å². The second kappa shape index (κ2) is 19.1. The summed E-state index contributed by atoms with van der Waals surface area (Å²) in [6.45, 7) is 12.6. The summed E-state index contributed by atoms with van der Waals surface area (Å²) in [6, 6.07) is 0. The molecule has 0 N–H and O–H groups in total. The van der Waals surface area contributed by atoms with Crippen LogP contribution in [0.25, 0.3) is 0 Å². The van der Waals surface area contributed by atoms with Gasteiger partial charge in [0, 0.05) is 0 Å². The number of rotatable bonds is 18. The molecule has 0 heteroatoms. The van der Waals surface area contributed by atoms with Crippen LogP contribution in [0.15, 0.2) is 12.2 Å². The fourth-order valence-corrected chi connectivity index (χ4v) is 3.44. The summed E-state index contributed by atoms with van der Waals surface area (Å²) in [5, 5.41) is 0. The molecule has 0 aliphatic carbocycles. The highest BCUT2D eigenvalue weighted by atomic mass is 14.2. The Bertz CT molecular complexity index is 251. The minimum Gasteiger partial charge on any atom is -0.0885 e. The maximum atomic E-state index is 3.91. The van der Waals surface area contributed by atoms with Crippen molar-refractivity contribution in [3.63, 3.8) is 0 Å². The van der Waals surface area contributed by atoms with Crippen molar-refractivity contribution in [2.45, 2.75) is 117 Å². The molecule has 1 unspecified atom stereocenters. The Morgan fingerprint density at radius 2 is 1.08 bits per heavy atom. The molecule has 0 aliphatic heterocycles. The molecule has 0 spiro atoms. The van der Waals surface area contributed by atoms with Crippen molar-refractivity contribution in [3.8, 4) is 0 Å². The van der Waals surface area contributed by atoms with E-state index in [4.69, 9.17) is 0 Å². The normalized spacial score (nSPS) is 13.2. The third-order valence-electron chi connectivity index (χ3n) is 5.26. The van der Waals surface area contributed by atoms with E-state index in [1.807, 2.05) is 0 Å². The molecule has 24 heavy (non-hydrogen) atoms. The van der Waals surface area contributed by atoms with E-state index in [0.29, 0.717) is 0 Å².